The summed E-state index contributed by atoms with van der Waals surface area (Å²) < 4.78 is 0. The minimum atomic E-state index is -1.98. The molecule has 480 valence electrons. The molecule has 0 fully saturated rings. The van der Waals surface area contributed by atoms with Crippen LogP contribution in [0.15, 0.2) is 36.4 Å². The minimum absolute atomic E-state index is 0.189. The third kappa shape index (κ3) is 19.2. The van der Waals surface area contributed by atoms with Crippen molar-refractivity contribution in [3.8, 4) is 22.9 Å². The molecule has 2 aliphatic rings. The Hall–Kier alpha value is -4.77. The average Bonchev–Trinajstić information content (AvgIpc) is 0.687. The Bertz CT molecular complexity index is 2950. The normalized spacial score (nSPS) is 13.6. The van der Waals surface area contributed by atoms with Gasteiger partial charge in [-0.05, 0) is 60.7 Å². The highest BCUT2D eigenvalue weighted by atomic mass is 28.3. The second-order valence-electron chi connectivity index (χ2n) is 29.3. The number of fused-ring (bicyclic) bond motifs is 2. The molecule has 5 aromatic rings. The van der Waals surface area contributed by atoms with Gasteiger partial charge in [-0.3, -0.25) is 29.0 Å². The second-order valence-corrected chi connectivity index (χ2v) is 38.8. The molecule has 8 heteroatoms. The lowest BCUT2D eigenvalue weighted by molar-refractivity contribution is 0.0501. The summed E-state index contributed by atoms with van der Waals surface area (Å²) in [4.78, 5) is 66.0. The van der Waals surface area contributed by atoms with Crippen LogP contribution in [0.4, 0.5) is 0 Å². The number of unbranched alkanes of at least 4 members (excludes halogenated alkanes) is 32. The van der Waals surface area contributed by atoms with Crippen LogP contribution in [0.25, 0.3) is 43.1 Å². The molecule has 0 unspecified atom stereocenters. The number of carbonyl (C=O) groups excluding carboxylic acids is 4. The Kier molecular flexibility index (Phi) is 28.7. The van der Waals surface area contributed by atoms with Gasteiger partial charge in [-0.1, -0.05) is 322 Å². The van der Waals surface area contributed by atoms with E-state index in [2.05, 4.69) is 102 Å². The van der Waals surface area contributed by atoms with Crippen molar-refractivity contribution < 1.29 is 19.2 Å². The molecule has 5 aromatic carbocycles. The fourth-order valence-electron chi connectivity index (χ4n) is 14.4. The van der Waals surface area contributed by atoms with Crippen molar-refractivity contribution in [2.45, 2.75) is 336 Å². The van der Waals surface area contributed by atoms with Crippen molar-refractivity contribution in [1.82, 2.24) is 9.80 Å². The van der Waals surface area contributed by atoms with Gasteiger partial charge in [-0.15, -0.1) is 11.1 Å². The third-order valence-corrected chi connectivity index (χ3v) is 21.1. The van der Waals surface area contributed by atoms with Gasteiger partial charge in [0.15, 0.2) is 0 Å². The second kappa shape index (κ2) is 35.7. The predicted molar refractivity (Wildman–Crippen MR) is 384 cm³/mol. The molecular formula is C80H118N2O4Si2. The first-order valence-electron chi connectivity index (χ1n) is 36.7. The SMILES string of the molecule is CCCCCCCCCCCC(CCCCCCCCCCC)N1C(=O)c2ccc3c4c(C#C[Si](C)(C)C)cc5c6c(ccc(c7c(C#C[Si](C)(C)C)cc(c2c37)C1=O)c64)C(=O)N(C(CCCCCCCCCCC)CCCCCCCCCCC)C5=O. The van der Waals surface area contributed by atoms with Crippen LogP contribution < -0.4 is 0 Å². The smallest absolute Gasteiger partial charge is 0.261 e. The lowest BCUT2D eigenvalue weighted by atomic mass is 9.79. The van der Waals surface area contributed by atoms with Gasteiger partial charge in [-0.2, -0.15) is 0 Å². The van der Waals surface area contributed by atoms with E-state index in [1.54, 1.807) is 9.80 Å². The Morgan fingerprint density at radius 1 is 0.307 bits per heavy atom. The first-order chi connectivity index (χ1) is 42.6. The van der Waals surface area contributed by atoms with E-state index in [9.17, 15) is 0 Å². The molecule has 0 N–H and O–H groups in total. The first-order valence-corrected chi connectivity index (χ1v) is 43.7. The highest BCUT2D eigenvalue weighted by molar-refractivity contribution is 6.84. The summed E-state index contributed by atoms with van der Waals surface area (Å²) in [5.74, 6) is 6.59. The maximum Gasteiger partial charge on any atom is 0.261 e. The molecular weight excluding hydrogens is 1110 g/mol. The molecule has 4 amide bonds. The van der Waals surface area contributed by atoms with Gasteiger partial charge < -0.3 is 0 Å². The molecule has 0 aliphatic carbocycles. The predicted octanol–water partition coefficient (Wildman–Crippen LogP) is 23.8. The lowest BCUT2D eigenvalue weighted by Crippen LogP contribution is -2.47. The van der Waals surface area contributed by atoms with Gasteiger partial charge in [0, 0.05) is 77.8 Å². The molecule has 0 atom stereocenters. The van der Waals surface area contributed by atoms with E-state index < -0.39 is 16.1 Å². The van der Waals surface area contributed by atoms with Crippen LogP contribution in [0.5, 0.6) is 0 Å². The van der Waals surface area contributed by atoms with E-state index in [4.69, 9.17) is 0 Å². The van der Waals surface area contributed by atoms with Gasteiger partial charge in [-0.25, -0.2) is 0 Å². The van der Waals surface area contributed by atoms with Crippen molar-refractivity contribution in [3.63, 3.8) is 0 Å². The average molecular weight is 1230 g/mol. The van der Waals surface area contributed by atoms with Gasteiger partial charge in [0.05, 0.1) is 0 Å². The summed E-state index contributed by atoms with van der Waals surface area (Å²) in [5.41, 5.74) is 11.2. The van der Waals surface area contributed by atoms with Crippen LogP contribution in [-0.2, 0) is 0 Å². The number of carbonyl (C=O) groups is 4. The summed E-state index contributed by atoms with van der Waals surface area (Å²) in [6.45, 7) is 22.6. The third-order valence-electron chi connectivity index (χ3n) is 19.3. The van der Waals surface area contributed by atoms with E-state index in [0.29, 0.717) is 33.0 Å². The van der Waals surface area contributed by atoms with Crippen molar-refractivity contribution in [2.24, 2.45) is 0 Å². The molecule has 0 saturated heterocycles. The van der Waals surface area contributed by atoms with Gasteiger partial charge in [0.25, 0.3) is 23.6 Å². The molecule has 0 bridgehead atoms. The Morgan fingerprint density at radius 2 is 0.545 bits per heavy atom. The monoisotopic (exact) mass is 1230 g/mol. The Balaban J connectivity index is 1.31. The van der Waals surface area contributed by atoms with Crippen molar-refractivity contribution in [2.75, 3.05) is 0 Å². The van der Waals surface area contributed by atoms with E-state index in [-0.39, 0.29) is 35.7 Å². The number of benzene rings is 5. The number of imide groups is 2. The Labute approximate surface area is 537 Å². The number of rotatable bonds is 42. The zero-order valence-electron chi connectivity index (χ0n) is 57.4. The van der Waals surface area contributed by atoms with Crippen molar-refractivity contribution in [3.05, 3.63) is 69.8 Å². The zero-order chi connectivity index (χ0) is 63.1. The maximum atomic E-state index is 15.7. The van der Waals surface area contributed by atoms with Crippen LogP contribution >= 0.6 is 0 Å². The highest BCUT2D eigenvalue weighted by Crippen LogP contribution is 2.49. The van der Waals surface area contributed by atoms with Crippen LogP contribution in [-0.4, -0.2) is 61.7 Å². The molecule has 0 aromatic heterocycles. The minimum Gasteiger partial charge on any atom is -0.271 e. The van der Waals surface area contributed by atoms with Crippen molar-refractivity contribution >= 4 is 82.9 Å². The molecule has 6 nitrogen and oxygen atoms in total. The quantitative estimate of drug-likeness (QED) is 0.00974. The molecule has 88 heavy (non-hydrogen) atoms. The van der Waals surface area contributed by atoms with Gasteiger partial charge >= 0.3 is 0 Å². The van der Waals surface area contributed by atoms with E-state index in [1.165, 1.54) is 180 Å². The molecule has 0 spiro atoms. The number of nitrogens with zero attached hydrogens (tertiary/aromatic N) is 2. The van der Waals surface area contributed by atoms with Crippen LogP contribution in [0.3, 0.4) is 0 Å². The number of amides is 4. The van der Waals surface area contributed by atoms with E-state index >= 15 is 19.2 Å². The van der Waals surface area contributed by atoms with Crippen LogP contribution in [0.1, 0.15) is 337 Å². The molecule has 2 heterocycles. The summed E-state index contributed by atoms with van der Waals surface area (Å²) in [6.07, 6.45) is 47.3. The molecule has 2 aliphatic heterocycles. The molecule has 0 saturated carbocycles. The molecule has 0 radical (unpaired) electrons. The van der Waals surface area contributed by atoms with Gasteiger partial charge in [0.2, 0.25) is 0 Å². The summed E-state index contributed by atoms with van der Waals surface area (Å²) in [7, 11) is -3.96. The first kappa shape index (κ1) is 70.7. The van der Waals surface area contributed by atoms with Crippen molar-refractivity contribution in [1.29, 1.82) is 0 Å². The fraction of sp³-hybridized carbons (Fsp3) is 0.650. The number of hydrogen-bond acceptors (Lipinski definition) is 4. The highest BCUT2D eigenvalue weighted by Gasteiger charge is 2.42. The van der Waals surface area contributed by atoms with Crippen LogP contribution in [0.2, 0.25) is 39.3 Å². The van der Waals surface area contributed by atoms with E-state index in [0.717, 1.165) is 120 Å². The standard InChI is InChI=1S/C80H118N2O4Si2/c1-11-15-19-23-27-31-35-39-43-47-63(48-44-40-36-32-28-24-20-16-12-2)81-77(83)67-53-51-65-72-62(56-58-88(8,9)10)60-70-74-68(54-52-66(76(72)74)71-61(55-57-87(5,6)7)59-69(79(81)85)73(67)75(65)71)78(84)82(80(70)86)64(49-45-41-37-33-29-25-21-17-13-3)50-46-42-38-34-30-26-22-18-14-4/h51-54,59-60,63-64H,11-50H2,1-10H3. The topological polar surface area (TPSA) is 74.8 Å². The number of hydrogen-bond donors (Lipinski definition) is 0. The maximum absolute atomic E-state index is 15.7. The van der Waals surface area contributed by atoms with Crippen LogP contribution in [0, 0.1) is 22.9 Å². The van der Waals surface area contributed by atoms with E-state index in [1.807, 2.05) is 24.3 Å². The lowest BCUT2D eigenvalue weighted by Gasteiger charge is -2.36. The summed E-state index contributed by atoms with van der Waals surface area (Å²) in [5, 5.41) is 6.63. The summed E-state index contributed by atoms with van der Waals surface area (Å²) >= 11 is 0. The molecule has 7 rings (SSSR count). The zero-order valence-corrected chi connectivity index (χ0v) is 59.4. The largest absolute Gasteiger partial charge is 0.271 e. The Morgan fingerprint density at radius 3 is 0.795 bits per heavy atom. The summed E-state index contributed by atoms with van der Waals surface area (Å²) in [6, 6.07) is 11.8. The fourth-order valence-corrected chi connectivity index (χ4v) is 15.5. The van der Waals surface area contributed by atoms with Gasteiger partial charge in [0.1, 0.15) is 16.1 Å².